The van der Waals surface area contributed by atoms with Crippen LogP contribution in [0, 0.1) is 28.1 Å². The van der Waals surface area contributed by atoms with Gasteiger partial charge in [0, 0.05) is 22.9 Å². The second kappa shape index (κ2) is 3.82. The van der Waals surface area contributed by atoms with Crippen molar-refractivity contribution in [2.75, 3.05) is 7.11 Å². The van der Waals surface area contributed by atoms with Gasteiger partial charge < -0.3 is 9.30 Å². The van der Waals surface area contributed by atoms with Crippen LogP contribution < -0.4 is 15.5 Å². The van der Waals surface area contributed by atoms with E-state index in [0.29, 0.717) is 11.2 Å². The molecule has 5 heteroatoms. The highest BCUT2D eigenvalue weighted by molar-refractivity contribution is 5.40. The topological polar surface area (TPSA) is 50.0 Å². The third-order valence-corrected chi connectivity index (χ3v) is 6.85. The van der Waals surface area contributed by atoms with E-state index in [0.717, 1.165) is 0 Å². The minimum atomic E-state index is -1.03. The number of nitrogens with zero attached hydrogens (tertiary/aromatic N) is 1. The number of rotatable bonds is 2. The lowest BCUT2D eigenvalue weighted by Gasteiger charge is -2.60. The maximum Gasteiger partial charge on any atom is 0.159 e. The molecule has 0 bridgehead atoms. The number of fused-ring (bicyclic) bond motifs is 3. The number of pyridine rings is 1. The van der Waals surface area contributed by atoms with Gasteiger partial charge in [-0.3, -0.25) is 10.7 Å². The number of halogens is 1. The van der Waals surface area contributed by atoms with Gasteiger partial charge in [-0.1, -0.05) is 32.9 Å². The molecule has 6 atom stereocenters. The van der Waals surface area contributed by atoms with Gasteiger partial charge in [0.25, 0.3) is 0 Å². The van der Waals surface area contributed by atoms with Crippen LogP contribution >= 0.6 is 0 Å². The van der Waals surface area contributed by atoms with E-state index in [1.807, 2.05) is 10.8 Å². The van der Waals surface area contributed by atoms with Crippen molar-refractivity contribution in [1.29, 1.82) is 5.41 Å². The van der Waals surface area contributed by atoms with Gasteiger partial charge in [-0.2, -0.15) is 0 Å². The van der Waals surface area contributed by atoms with Gasteiger partial charge in [0.05, 0.1) is 7.11 Å². The first-order chi connectivity index (χ1) is 10.3. The summed E-state index contributed by atoms with van der Waals surface area (Å²) in [6.45, 7) is 6.51. The number of hydrogen-bond acceptors (Lipinski definition) is 3. The molecule has 0 radical (unpaired) electrons. The molecule has 4 nitrogen and oxygen atoms in total. The van der Waals surface area contributed by atoms with Crippen LogP contribution in [0.4, 0.5) is 4.39 Å². The van der Waals surface area contributed by atoms with Crippen molar-refractivity contribution < 1.29 is 9.13 Å². The third-order valence-electron chi connectivity index (χ3n) is 6.85. The predicted molar refractivity (Wildman–Crippen MR) is 80.9 cm³/mol. The number of hydrogen-bond donors (Lipinski definition) is 2. The molecule has 1 saturated carbocycles. The highest BCUT2D eigenvalue weighted by atomic mass is 19.1. The van der Waals surface area contributed by atoms with Crippen molar-refractivity contribution in [1.82, 2.24) is 9.88 Å². The average molecular weight is 303 g/mol. The second-order valence-electron chi connectivity index (χ2n) is 7.27. The van der Waals surface area contributed by atoms with Crippen LogP contribution in [0.15, 0.2) is 30.5 Å². The number of aromatic nitrogens is 1. The summed E-state index contributed by atoms with van der Waals surface area (Å²) in [5.74, 6) is 0.733. The van der Waals surface area contributed by atoms with Gasteiger partial charge in [-0.05, 0) is 18.1 Å². The van der Waals surface area contributed by atoms with Crippen molar-refractivity contribution >= 4 is 0 Å². The van der Waals surface area contributed by atoms with Gasteiger partial charge in [0.15, 0.2) is 6.30 Å². The van der Waals surface area contributed by atoms with E-state index in [1.54, 1.807) is 19.2 Å². The summed E-state index contributed by atoms with van der Waals surface area (Å²) in [4.78, 5) is 0. The molecule has 2 N–H and O–H groups in total. The smallest absolute Gasteiger partial charge is 0.159 e. The van der Waals surface area contributed by atoms with E-state index in [-0.39, 0.29) is 22.7 Å². The molecule has 0 amide bonds. The molecule has 0 spiro atoms. The predicted octanol–water partition coefficient (Wildman–Crippen LogP) is 2.38. The Labute approximate surface area is 129 Å². The Morgan fingerprint density at radius 3 is 2.59 bits per heavy atom. The maximum absolute atomic E-state index is 14.4. The highest BCUT2D eigenvalue weighted by Gasteiger charge is 2.80. The summed E-state index contributed by atoms with van der Waals surface area (Å²) in [5, 5.41) is 11.5. The van der Waals surface area contributed by atoms with Crippen LogP contribution in [-0.4, -0.2) is 18.0 Å². The zero-order valence-electron chi connectivity index (χ0n) is 13.4. The first kappa shape index (κ1) is 14.0. The minimum Gasteiger partial charge on any atom is -0.495 e. The number of nitrogens with one attached hydrogen (secondary N) is 2. The largest absolute Gasteiger partial charge is 0.495 e. The molecular weight excluding hydrogens is 281 g/mol. The first-order valence-electron chi connectivity index (χ1n) is 7.76. The van der Waals surface area contributed by atoms with Crippen molar-refractivity contribution in [3.8, 4) is 5.75 Å². The van der Waals surface area contributed by atoms with E-state index in [2.05, 4.69) is 38.2 Å². The molecule has 22 heavy (non-hydrogen) atoms. The monoisotopic (exact) mass is 303 g/mol. The molecule has 0 aromatic carbocycles. The van der Waals surface area contributed by atoms with Gasteiger partial charge in [-0.25, -0.2) is 4.39 Å². The molecule has 2 fully saturated rings. The number of methoxy groups -OCH3 is 1. The molecular formula is C17H22FN3O. The molecule has 2 heterocycles. The zero-order chi connectivity index (χ0) is 15.9. The molecule has 3 aliphatic rings. The molecule has 1 aliphatic heterocycles. The number of allylic oxidation sites excluding steroid dienone is 1. The normalized spacial score (nSPS) is 48.1. The zero-order valence-corrected chi connectivity index (χ0v) is 13.4. The lowest BCUT2D eigenvalue weighted by molar-refractivity contribution is -0.134. The molecule has 118 valence electrons. The van der Waals surface area contributed by atoms with Crippen LogP contribution in [0.2, 0.25) is 0 Å². The van der Waals surface area contributed by atoms with E-state index in [9.17, 15) is 4.39 Å². The standard InChI is InChI=1S/C17H22FN3O/c1-10-13-14(18)20-17(13,16(3)8-7-15(10,16)2)21-9-11(22-4)5-6-12(21)19/h5-10,13-14,19-20H,1-4H3/t10-,13-,14?,15-,16-,17?/m0/s1. The summed E-state index contributed by atoms with van der Waals surface area (Å²) in [6.07, 6.45) is 5.17. The lowest BCUT2D eigenvalue weighted by Crippen LogP contribution is -2.76. The van der Waals surface area contributed by atoms with Crippen molar-refractivity contribution in [3.63, 3.8) is 0 Å². The van der Waals surface area contributed by atoms with Crippen LogP contribution in [0.5, 0.6) is 5.75 Å². The van der Waals surface area contributed by atoms with Gasteiger partial charge >= 0.3 is 0 Å². The Morgan fingerprint density at radius 2 is 2.05 bits per heavy atom. The quantitative estimate of drug-likeness (QED) is 0.651. The lowest BCUT2D eigenvalue weighted by atomic mass is 9.54. The SMILES string of the molecule is COc1ccc(=N)n(C23NC(F)[C@@H]2[C@H](C)[C@]2(C)C=C[C@]32C)c1. The van der Waals surface area contributed by atoms with Crippen LogP contribution in [0.3, 0.4) is 0 Å². The van der Waals surface area contributed by atoms with Crippen LogP contribution in [-0.2, 0) is 5.66 Å². The molecule has 1 saturated heterocycles. The van der Waals surface area contributed by atoms with Gasteiger partial charge in [0.1, 0.15) is 16.9 Å². The second-order valence-corrected chi connectivity index (χ2v) is 7.27. The average Bonchev–Trinajstić information content (AvgIpc) is 2.56. The fourth-order valence-electron chi connectivity index (χ4n) is 5.13. The summed E-state index contributed by atoms with van der Waals surface area (Å²) in [5.41, 5.74) is -0.516. The molecule has 2 aliphatic carbocycles. The summed E-state index contributed by atoms with van der Waals surface area (Å²) in [7, 11) is 1.61. The van der Waals surface area contributed by atoms with Crippen molar-refractivity contribution in [2.45, 2.75) is 32.7 Å². The van der Waals surface area contributed by atoms with Crippen LogP contribution in [0.25, 0.3) is 0 Å². The molecule has 1 aromatic rings. The Kier molecular flexibility index (Phi) is 2.43. The molecule has 1 aromatic heterocycles. The highest BCUT2D eigenvalue weighted by Crippen LogP contribution is 2.75. The Morgan fingerprint density at radius 1 is 1.32 bits per heavy atom. The van der Waals surface area contributed by atoms with Crippen molar-refractivity contribution in [2.24, 2.45) is 22.7 Å². The fourth-order valence-corrected chi connectivity index (χ4v) is 5.13. The maximum atomic E-state index is 14.4. The number of ether oxygens (including phenoxy) is 1. The Balaban J connectivity index is 1.98. The molecule has 2 unspecified atom stereocenters. The summed E-state index contributed by atoms with van der Waals surface area (Å²) in [6, 6.07) is 3.48. The summed E-state index contributed by atoms with van der Waals surface area (Å²) >= 11 is 0. The van der Waals surface area contributed by atoms with Crippen molar-refractivity contribution in [3.05, 3.63) is 36.0 Å². The van der Waals surface area contributed by atoms with E-state index >= 15 is 0 Å². The van der Waals surface area contributed by atoms with E-state index in [1.165, 1.54) is 0 Å². The Bertz CT molecular complexity index is 744. The summed E-state index contributed by atoms with van der Waals surface area (Å²) < 4.78 is 21.6. The third kappa shape index (κ3) is 1.15. The van der Waals surface area contributed by atoms with Crippen LogP contribution in [0.1, 0.15) is 20.8 Å². The molecule has 4 rings (SSSR count). The van der Waals surface area contributed by atoms with Gasteiger partial charge in [0.2, 0.25) is 0 Å². The number of alkyl halides is 1. The minimum absolute atomic E-state index is 0.0615. The Hall–Kier alpha value is -1.62. The van der Waals surface area contributed by atoms with E-state index in [4.69, 9.17) is 10.1 Å². The van der Waals surface area contributed by atoms with E-state index < -0.39 is 12.0 Å². The first-order valence-corrected chi connectivity index (χ1v) is 7.76. The fraction of sp³-hybridized carbons (Fsp3) is 0.588. The van der Waals surface area contributed by atoms with Gasteiger partial charge in [-0.15, -0.1) is 0 Å².